The molecule has 3 aliphatic heterocycles. The van der Waals surface area contributed by atoms with Crippen LogP contribution in [0.25, 0.3) is 0 Å². The Hall–Kier alpha value is -0.770. The highest BCUT2D eigenvalue weighted by molar-refractivity contribution is 5.81. The Bertz CT molecular complexity index is 602. The van der Waals surface area contributed by atoms with E-state index in [-0.39, 0.29) is 24.7 Å². The minimum absolute atomic E-state index is 0.0325. The van der Waals surface area contributed by atoms with Gasteiger partial charge in [-0.1, -0.05) is 12.8 Å². The molecule has 1 amide bonds. The van der Waals surface area contributed by atoms with E-state index >= 15 is 0 Å². The number of aliphatic hydroxyl groups excluding tert-OH is 1. The van der Waals surface area contributed by atoms with Crippen molar-refractivity contribution < 1.29 is 33.6 Å². The second-order valence-electron chi connectivity index (χ2n) is 9.10. The van der Waals surface area contributed by atoms with Gasteiger partial charge < -0.3 is 34.1 Å². The Labute approximate surface area is 171 Å². The molecule has 2 saturated carbocycles. The van der Waals surface area contributed by atoms with Crippen LogP contribution in [0.5, 0.6) is 0 Å². The van der Waals surface area contributed by atoms with Crippen molar-refractivity contribution in [3.8, 4) is 0 Å². The van der Waals surface area contributed by atoms with E-state index in [1.54, 1.807) is 0 Å². The average Bonchev–Trinajstić information content (AvgIpc) is 3.26. The third-order valence-corrected chi connectivity index (χ3v) is 7.00. The predicted molar refractivity (Wildman–Crippen MR) is 101 cm³/mol. The lowest BCUT2D eigenvalue weighted by Gasteiger charge is -2.36. The van der Waals surface area contributed by atoms with Crippen LogP contribution >= 0.6 is 0 Å². The highest BCUT2D eigenvalue weighted by atomic mass is 16.9. The largest absolute Gasteiger partial charge is 0.396 e. The van der Waals surface area contributed by atoms with Crippen molar-refractivity contribution >= 4 is 5.91 Å². The lowest BCUT2D eigenvalue weighted by Crippen LogP contribution is -2.59. The van der Waals surface area contributed by atoms with Crippen LogP contribution in [0, 0.1) is 0 Å². The van der Waals surface area contributed by atoms with Crippen LogP contribution < -0.4 is 5.32 Å². The van der Waals surface area contributed by atoms with Crippen LogP contribution in [-0.2, 0) is 28.5 Å². The summed E-state index contributed by atoms with van der Waals surface area (Å²) in [4.78, 5) is 12.9. The quantitative estimate of drug-likeness (QED) is 0.680. The van der Waals surface area contributed by atoms with Gasteiger partial charge in [0.05, 0.1) is 0 Å². The van der Waals surface area contributed by atoms with Crippen molar-refractivity contribution in [3.05, 3.63) is 0 Å². The number of rotatable bonds is 4. The fourth-order valence-corrected chi connectivity index (χ4v) is 5.56. The van der Waals surface area contributed by atoms with Crippen molar-refractivity contribution in [2.24, 2.45) is 0 Å². The van der Waals surface area contributed by atoms with Gasteiger partial charge in [0.1, 0.15) is 18.3 Å². The van der Waals surface area contributed by atoms with Gasteiger partial charge in [0.15, 0.2) is 24.0 Å². The Morgan fingerprint density at radius 2 is 1.41 bits per heavy atom. The number of hydrogen-bond acceptors (Lipinski definition) is 7. The van der Waals surface area contributed by atoms with Crippen molar-refractivity contribution in [1.29, 1.82) is 0 Å². The van der Waals surface area contributed by atoms with Gasteiger partial charge in [-0.25, -0.2) is 0 Å². The third kappa shape index (κ3) is 3.72. The van der Waals surface area contributed by atoms with E-state index < -0.39 is 30.1 Å². The molecule has 0 radical (unpaired) electrons. The predicted octanol–water partition coefficient (Wildman–Crippen LogP) is 1.73. The molecule has 5 aliphatic rings. The van der Waals surface area contributed by atoms with Gasteiger partial charge in [0.2, 0.25) is 0 Å². The molecule has 8 heteroatoms. The smallest absolute Gasteiger partial charge is 0.252 e. The zero-order chi connectivity index (χ0) is 19.9. The third-order valence-electron chi connectivity index (χ3n) is 7.00. The Morgan fingerprint density at radius 3 is 2.07 bits per heavy atom. The standard InChI is InChI=1S/C21H33NO7/c23-13-7-12-22-18(24)16-14-15(27-20(26-14)8-3-1-4-9-20)17-19(25-16)29-21(28-17)10-5-2-6-11-21/h14-17,19,23H,1-13H2,(H,22,24). The monoisotopic (exact) mass is 411 g/mol. The molecule has 0 aromatic carbocycles. The zero-order valence-corrected chi connectivity index (χ0v) is 17.0. The molecule has 5 rings (SSSR count). The van der Waals surface area contributed by atoms with Gasteiger partial charge in [-0.3, -0.25) is 4.79 Å². The molecule has 5 fully saturated rings. The first-order valence-electron chi connectivity index (χ1n) is 11.4. The lowest BCUT2D eigenvalue weighted by atomic mass is 9.94. The second-order valence-corrected chi connectivity index (χ2v) is 9.10. The van der Waals surface area contributed by atoms with E-state index in [1.807, 2.05) is 0 Å². The molecule has 5 atom stereocenters. The van der Waals surface area contributed by atoms with Crippen molar-refractivity contribution in [2.75, 3.05) is 13.2 Å². The number of amides is 1. The number of fused-ring (bicyclic) bond motifs is 3. The Morgan fingerprint density at radius 1 is 0.828 bits per heavy atom. The van der Waals surface area contributed by atoms with Crippen LogP contribution in [0.2, 0.25) is 0 Å². The molecule has 2 spiro atoms. The van der Waals surface area contributed by atoms with Crippen molar-refractivity contribution in [2.45, 2.75) is 113 Å². The summed E-state index contributed by atoms with van der Waals surface area (Å²) in [5.74, 6) is -1.50. The number of aliphatic hydroxyl groups is 1. The topological polar surface area (TPSA) is 95.5 Å². The summed E-state index contributed by atoms with van der Waals surface area (Å²) in [6.45, 7) is 0.429. The maximum Gasteiger partial charge on any atom is 0.252 e. The minimum atomic E-state index is -0.802. The number of hydrogen-bond donors (Lipinski definition) is 2. The molecule has 8 nitrogen and oxygen atoms in total. The van der Waals surface area contributed by atoms with Crippen molar-refractivity contribution in [1.82, 2.24) is 5.32 Å². The van der Waals surface area contributed by atoms with Gasteiger partial charge >= 0.3 is 0 Å². The summed E-state index contributed by atoms with van der Waals surface area (Å²) < 4.78 is 31.8. The first-order chi connectivity index (χ1) is 14.1. The number of carbonyl (C=O) groups excluding carboxylic acids is 1. The highest BCUT2D eigenvalue weighted by Gasteiger charge is 2.65. The SMILES string of the molecule is O=C(NCCCO)C1OC2OC3(CCCCC3)OC2C2OC3(CCCCC3)OC12. The normalized spacial score (nSPS) is 40.0. The fraction of sp³-hybridized carbons (Fsp3) is 0.952. The first-order valence-corrected chi connectivity index (χ1v) is 11.4. The maximum absolute atomic E-state index is 12.9. The summed E-state index contributed by atoms with van der Waals surface area (Å²) in [6, 6.07) is 0. The molecular formula is C21H33NO7. The summed E-state index contributed by atoms with van der Waals surface area (Å²) >= 11 is 0. The van der Waals surface area contributed by atoms with Gasteiger partial charge in [0.25, 0.3) is 5.91 Å². The molecule has 3 heterocycles. The van der Waals surface area contributed by atoms with E-state index in [2.05, 4.69) is 5.32 Å². The van der Waals surface area contributed by atoms with Gasteiger partial charge in [0, 0.05) is 38.8 Å². The number of nitrogens with one attached hydrogen (secondary N) is 1. The van der Waals surface area contributed by atoms with E-state index in [4.69, 9.17) is 28.8 Å². The van der Waals surface area contributed by atoms with E-state index in [0.29, 0.717) is 13.0 Å². The van der Waals surface area contributed by atoms with Crippen LogP contribution in [0.15, 0.2) is 0 Å². The number of carbonyl (C=O) groups is 1. The molecule has 29 heavy (non-hydrogen) atoms. The molecule has 0 aromatic heterocycles. The van der Waals surface area contributed by atoms with Crippen LogP contribution in [-0.4, -0.2) is 66.4 Å². The lowest BCUT2D eigenvalue weighted by molar-refractivity contribution is -0.247. The molecule has 2 aliphatic carbocycles. The molecule has 0 aromatic rings. The summed E-state index contributed by atoms with van der Waals surface area (Å²) in [7, 11) is 0. The zero-order valence-electron chi connectivity index (χ0n) is 17.0. The fourth-order valence-electron chi connectivity index (χ4n) is 5.56. The summed E-state index contributed by atoms with van der Waals surface area (Å²) in [6.07, 6.45) is 7.82. The van der Waals surface area contributed by atoms with Crippen LogP contribution in [0.1, 0.15) is 70.6 Å². The van der Waals surface area contributed by atoms with Crippen LogP contribution in [0.3, 0.4) is 0 Å². The van der Waals surface area contributed by atoms with E-state index in [9.17, 15) is 4.79 Å². The molecule has 3 saturated heterocycles. The van der Waals surface area contributed by atoms with Crippen molar-refractivity contribution in [3.63, 3.8) is 0 Å². The Kier molecular flexibility index (Phi) is 5.60. The molecule has 5 unspecified atom stereocenters. The molecule has 0 bridgehead atoms. The summed E-state index contributed by atoms with van der Waals surface area (Å²) in [5, 5.41) is 11.9. The molecular weight excluding hydrogens is 378 g/mol. The van der Waals surface area contributed by atoms with Gasteiger partial charge in [-0.15, -0.1) is 0 Å². The van der Waals surface area contributed by atoms with Gasteiger partial charge in [-0.2, -0.15) is 0 Å². The molecule has 164 valence electrons. The summed E-state index contributed by atoms with van der Waals surface area (Å²) in [5.41, 5.74) is 0. The van der Waals surface area contributed by atoms with Gasteiger partial charge in [-0.05, 0) is 32.1 Å². The van der Waals surface area contributed by atoms with Crippen LogP contribution in [0.4, 0.5) is 0 Å². The minimum Gasteiger partial charge on any atom is -0.396 e. The average molecular weight is 411 g/mol. The maximum atomic E-state index is 12.9. The van der Waals surface area contributed by atoms with E-state index in [0.717, 1.165) is 51.4 Å². The number of ether oxygens (including phenoxy) is 5. The Balaban J connectivity index is 1.37. The second kappa shape index (κ2) is 8.05. The highest BCUT2D eigenvalue weighted by Crippen LogP contribution is 2.50. The molecule has 2 N–H and O–H groups in total. The van der Waals surface area contributed by atoms with E-state index in [1.165, 1.54) is 12.8 Å². The first kappa shape index (κ1) is 20.2.